The number of rotatable bonds is 2. The van der Waals surface area contributed by atoms with Crippen molar-refractivity contribution in [2.24, 2.45) is 0 Å². The Morgan fingerprint density at radius 1 is 1.24 bits per heavy atom. The molecule has 2 aromatic carbocycles. The fourth-order valence-corrected chi connectivity index (χ4v) is 2.65. The van der Waals surface area contributed by atoms with Crippen LogP contribution in [0.15, 0.2) is 42.5 Å². The van der Waals surface area contributed by atoms with Crippen molar-refractivity contribution in [1.82, 2.24) is 0 Å². The van der Waals surface area contributed by atoms with Crippen molar-refractivity contribution in [3.05, 3.63) is 74.3 Å². The number of benzene rings is 2. The van der Waals surface area contributed by atoms with Crippen LogP contribution in [0.2, 0.25) is 5.02 Å². The normalized spacial score (nSPS) is 17.0. The minimum absolute atomic E-state index is 0.123. The van der Waals surface area contributed by atoms with Crippen LogP contribution in [-0.2, 0) is 11.2 Å². The van der Waals surface area contributed by atoms with E-state index in [2.05, 4.69) is 0 Å². The number of carbonyl (C=O) groups excluding carboxylic acids is 1. The summed E-state index contributed by atoms with van der Waals surface area (Å²) < 4.78 is 5.37. The van der Waals surface area contributed by atoms with Crippen LogP contribution in [0, 0.1) is 10.1 Å². The second-order valence-corrected chi connectivity index (χ2v) is 5.13. The molecule has 1 atom stereocenters. The molecule has 0 aromatic heterocycles. The van der Waals surface area contributed by atoms with Crippen molar-refractivity contribution in [2.45, 2.75) is 12.5 Å². The van der Waals surface area contributed by atoms with Crippen LogP contribution in [-0.4, -0.2) is 10.9 Å². The molecule has 0 aliphatic carbocycles. The average Bonchev–Trinajstić information content (AvgIpc) is 2.47. The zero-order valence-corrected chi connectivity index (χ0v) is 11.5. The van der Waals surface area contributed by atoms with Crippen LogP contribution in [0.3, 0.4) is 0 Å². The highest BCUT2D eigenvalue weighted by molar-refractivity contribution is 6.31. The van der Waals surface area contributed by atoms with Crippen LogP contribution in [0.1, 0.15) is 27.6 Å². The Kier molecular flexibility index (Phi) is 3.35. The highest BCUT2D eigenvalue weighted by Crippen LogP contribution is 2.35. The van der Waals surface area contributed by atoms with Gasteiger partial charge >= 0.3 is 5.97 Å². The largest absolute Gasteiger partial charge is 0.453 e. The van der Waals surface area contributed by atoms with Gasteiger partial charge in [-0.1, -0.05) is 35.9 Å². The number of nitrogens with zero attached hydrogens (tertiary/aromatic N) is 1. The van der Waals surface area contributed by atoms with Gasteiger partial charge in [0.15, 0.2) is 0 Å². The molecule has 0 spiro atoms. The topological polar surface area (TPSA) is 69.4 Å². The van der Waals surface area contributed by atoms with Gasteiger partial charge in [-0.2, -0.15) is 0 Å². The number of ether oxygens (including phenoxy) is 1. The Morgan fingerprint density at radius 2 is 2.00 bits per heavy atom. The summed E-state index contributed by atoms with van der Waals surface area (Å²) in [5.74, 6) is -0.565. The summed E-state index contributed by atoms with van der Waals surface area (Å²) in [7, 11) is 0. The first-order valence-electron chi connectivity index (χ1n) is 6.29. The molecule has 0 bridgehead atoms. The molecule has 0 amide bonds. The van der Waals surface area contributed by atoms with E-state index in [9.17, 15) is 14.9 Å². The van der Waals surface area contributed by atoms with Gasteiger partial charge in [-0.25, -0.2) is 4.79 Å². The van der Waals surface area contributed by atoms with Crippen LogP contribution in [0.25, 0.3) is 0 Å². The second kappa shape index (κ2) is 5.18. The maximum atomic E-state index is 12.1. The minimum Gasteiger partial charge on any atom is -0.453 e. The van der Waals surface area contributed by atoms with Crippen molar-refractivity contribution in [1.29, 1.82) is 0 Å². The summed E-state index contributed by atoms with van der Waals surface area (Å²) >= 11 is 6.12. The summed E-state index contributed by atoms with van der Waals surface area (Å²) in [5.41, 5.74) is 1.58. The summed E-state index contributed by atoms with van der Waals surface area (Å²) in [6, 6.07) is 11.4. The highest BCUT2D eigenvalue weighted by atomic mass is 35.5. The first-order chi connectivity index (χ1) is 10.1. The third-order valence-corrected chi connectivity index (χ3v) is 3.78. The maximum Gasteiger partial charge on any atom is 0.339 e. The minimum atomic E-state index is -0.565. The van der Waals surface area contributed by atoms with Crippen LogP contribution < -0.4 is 0 Å². The third-order valence-electron chi connectivity index (χ3n) is 3.43. The van der Waals surface area contributed by atoms with Gasteiger partial charge in [0, 0.05) is 29.1 Å². The fraction of sp³-hybridized carbons (Fsp3) is 0.133. The molecule has 1 aliphatic rings. The Balaban J connectivity index is 1.98. The molecule has 21 heavy (non-hydrogen) atoms. The zero-order valence-electron chi connectivity index (χ0n) is 10.8. The Bertz CT molecular complexity index is 744. The molecule has 106 valence electrons. The van der Waals surface area contributed by atoms with Crippen LogP contribution >= 0.6 is 11.6 Å². The van der Waals surface area contributed by atoms with E-state index in [1.54, 1.807) is 24.3 Å². The Hall–Kier alpha value is -2.40. The predicted octanol–water partition coefficient (Wildman–Crippen LogP) is 3.70. The van der Waals surface area contributed by atoms with Crippen molar-refractivity contribution >= 4 is 23.3 Å². The fourth-order valence-electron chi connectivity index (χ4n) is 2.39. The van der Waals surface area contributed by atoms with Gasteiger partial charge in [0.1, 0.15) is 6.10 Å². The van der Waals surface area contributed by atoms with Crippen molar-refractivity contribution in [3.8, 4) is 0 Å². The van der Waals surface area contributed by atoms with E-state index >= 15 is 0 Å². The number of cyclic esters (lactones) is 1. The predicted molar refractivity (Wildman–Crippen MR) is 76.4 cm³/mol. The van der Waals surface area contributed by atoms with Gasteiger partial charge in [0.05, 0.1) is 10.5 Å². The van der Waals surface area contributed by atoms with E-state index in [1.165, 1.54) is 12.1 Å². The molecule has 3 rings (SSSR count). The summed E-state index contributed by atoms with van der Waals surface area (Å²) in [5, 5.41) is 11.3. The monoisotopic (exact) mass is 303 g/mol. The van der Waals surface area contributed by atoms with Gasteiger partial charge in [-0.15, -0.1) is 0 Å². The number of halogens is 1. The van der Waals surface area contributed by atoms with Gasteiger partial charge in [-0.05, 0) is 11.6 Å². The number of hydrogen-bond acceptors (Lipinski definition) is 4. The summed E-state index contributed by atoms with van der Waals surface area (Å²) in [4.78, 5) is 22.3. The van der Waals surface area contributed by atoms with E-state index in [0.717, 1.165) is 11.1 Å². The highest BCUT2D eigenvalue weighted by Gasteiger charge is 2.30. The number of nitro benzene ring substituents is 1. The SMILES string of the molecule is O=C1OC(c2ccccc2Cl)Cc2ccc([N+](=O)[O-])cc21. The van der Waals surface area contributed by atoms with Gasteiger partial charge in [0.25, 0.3) is 5.69 Å². The van der Waals surface area contributed by atoms with Crippen molar-refractivity contribution in [3.63, 3.8) is 0 Å². The van der Waals surface area contributed by atoms with Crippen LogP contribution in [0.4, 0.5) is 5.69 Å². The molecule has 6 heteroatoms. The average molecular weight is 304 g/mol. The lowest BCUT2D eigenvalue weighted by molar-refractivity contribution is -0.384. The number of esters is 1. The van der Waals surface area contributed by atoms with E-state index < -0.39 is 17.0 Å². The van der Waals surface area contributed by atoms with E-state index in [4.69, 9.17) is 16.3 Å². The quantitative estimate of drug-likeness (QED) is 0.482. The van der Waals surface area contributed by atoms with E-state index in [-0.39, 0.29) is 11.3 Å². The van der Waals surface area contributed by atoms with Crippen molar-refractivity contribution in [2.75, 3.05) is 0 Å². The molecule has 2 aromatic rings. The molecule has 0 radical (unpaired) electrons. The number of non-ortho nitro benzene ring substituents is 1. The van der Waals surface area contributed by atoms with E-state index in [1.807, 2.05) is 6.07 Å². The molecule has 0 saturated heterocycles. The molecule has 5 nitrogen and oxygen atoms in total. The van der Waals surface area contributed by atoms with Gasteiger partial charge < -0.3 is 4.74 Å². The molecular formula is C15H10ClNO4. The number of hydrogen-bond donors (Lipinski definition) is 0. The van der Waals surface area contributed by atoms with Gasteiger partial charge in [-0.3, -0.25) is 10.1 Å². The van der Waals surface area contributed by atoms with Crippen molar-refractivity contribution < 1.29 is 14.5 Å². The lowest BCUT2D eigenvalue weighted by Crippen LogP contribution is -2.22. The Morgan fingerprint density at radius 3 is 2.71 bits per heavy atom. The number of fused-ring (bicyclic) bond motifs is 1. The molecule has 1 heterocycles. The lowest BCUT2D eigenvalue weighted by atomic mass is 9.94. The van der Waals surface area contributed by atoms with Crippen LogP contribution in [0.5, 0.6) is 0 Å². The molecule has 0 fully saturated rings. The molecule has 1 unspecified atom stereocenters. The second-order valence-electron chi connectivity index (χ2n) is 4.72. The zero-order chi connectivity index (χ0) is 15.0. The first-order valence-corrected chi connectivity index (χ1v) is 6.67. The molecular weight excluding hydrogens is 294 g/mol. The molecule has 0 saturated carbocycles. The Labute approximate surface area is 125 Å². The van der Waals surface area contributed by atoms with Gasteiger partial charge in [0.2, 0.25) is 0 Å². The number of nitro groups is 1. The number of carbonyl (C=O) groups is 1. The standard InChI is InChI=1S/C15H10ClNO4/c16-13-4-2-1-3-11(13)14-7-9-5-6-10(17(19)20)8-12(9)15(18)21-14/h1-6,8,14H,7H2. The maximum absolute atomic E-state index is 12.1. The first kappa shape index (κ1) is 13.6. The summed E-state index contributed by atoms with van der Waals surface area (Å²) in [6.07, 6.45) is -0.0249. The smallest absolute Gasteiger partial charge is 0.339 e. The molecule has 1 aliphatic heterocycles. The van der Waals surface area contributed by atoms with E-state index in [0.29, 0.717) is 11.4 Å². The summed E-state index contributed by atoms with van der Waals surface area (Å²) in [6.45, 7) is 0. The third kappa shape index (κ3) is 2.48. The molecule has 0 N–H and O–H groups in total. The lowest BCUT2D eigenvalue weighted by Gasteiger charge is -2.25.